The Labute approximate surface area is 62.5 Å². The number of H-pyrrole nitrogens is 3. The van der Waals surface area contributed by atoms with Crippen LogP contribution < -0.4 is 5.56 Å². The van der Waals surface area contributed by atoms with E-state index in [2.05, 4.69) is 20.2 Å². The molecule has 0 amide bonds. The molecule has 0 aliphatic rings. The molecule has 2 aromatic heterocycles. The molecule has 0 unspecified atom stereocenters. The van der Waals surface area contributed by atoms with Gasteiger partial charge in [0.15, 0.2) is 0 Å². The van der Waals surface area contributed by atoms with Crippen molar-refractivity contribution < 1.29 is 0 Å². The number of hydrogen-bond donors (Lipinski definition) is 3. The molecule has 0 bridgehead atoms. The van der Waals surface area contributed by atoms with E-state index < -0.39 is 0 Å². The van der Waals surface area contributed by atoms with Crippen LogP contribution in [0.5, 0.6) is 0 Å². The predicted octanol–water partition coefficient (Wildman–Crippen LogP) is 0.113. The molecular weight excluding hydrogens is 144 g/mol. The van der Waals surface area contributed by atoms with E-state index in [0.29, 0.717) is 0 Å². The lowest BCUT2D eigenvalue weighted by atomic mass is 10.7. The van der Waals surface area contributed by atoms with Gasteiger partial charge >= 0.3 is 0 Å². The van der Waals surface area contributed by atoms with Crippen LogP contribution in [-0.4, -0.2) is 20.2 Å². The summed E-state index contributed by atoms with van der Waals surface area (Å²) in [6, 6.07) is 1.42. The second-order valence-electron chi connectivity index (χ2n) is 1.73. The monoisotopic (exact) mass is 152 g/mol. The van der Waals surface area contributed by atoms with E-state index in [9.17, 15) is 4.79 Å². The lowest BCUT2D eigenvalue weighted by Crippen LogP contribution is -1.93. The van der Waals surface area contributed by atoms with Crippen molar-refractivity contribution in [3.05, 3.63) is 41.3 Å². The Morgan fingerprint density at radius 2 is 2.27 bits per heavy atom. The normalized spacial score (nSPS) is 8.36. The van der Waals surface area contributed by atoms with Gasteiger partial charge in [-0.25, -0.2) is 4.98 Å². The van der Waals surface area contributed by atoms with Crippen LogP contribution in [0.25, 0.3) is 0 Å². The molecule has 0 aliphatic carbocycles. The van der Waals surface area contributed by atoms with Crippen LogP contribution in [0.4, 0.5) is 0 Å². The molecule has 5 heteroatoms. The third-order valence-corrected chi connectivity index (χ3v) is 0.919. The molecule has 0 atom stereocenters. The minimum absolute atomic E-state index is 0.0880. The summed E-state index contributed by atoms with van der Waals surface area (Å²) in [5.41, 5.74) is -0.0880. The quantitative estimate of drug-likeness (QED) is 0.501. The van der Waals surface area contributed by atoms with Gasteiger partial charge < -0.3 is 10.1 Å². The Hall–Kier alpha value is -1.78. The smallest absolute Gasteiger partial charge is 0.263 e. The number of nitrogens with one attached hydrogen (secondary N) is 3. The Morgan fingerprint density at radius 1 is 1.36 bits per heavy atom. The zero-order valence-corrected chi connectivity index (χ0v) is 5.74. The van der Waals surface area contributed by atoms with E-state index >= 15 is 0 Å². The molecule has 5 nitrogen and oxygen atoms in total. The standard InChI is InChI=1S/C3H4N2O.C3H4N2/c6-3-1-2-4-5-3;1-2-5-3-4-1/h1-2H,(H2,4,5,6);1-3H,(H,4,5). The molecule has 0 radical (unpaired) electrons. The van der Waals surface area contributed by atoms with E-state index in [1.54, 1.807) is 24.9 Å². The van der Waals surface area contributed by atoms with Crippen LogP contribution in [-0.2, 0) is 0 Å². The van der Waals surface area contributed by atoms with Crippen molar-refractivity contribution in [2.45, 2.75) is 0 Å². The maximum atomic E-state index is 9.98. The molecule has 0 fully saturated rings. The highest BCUT2D eigenvalue weighted by Gasteiger charge is 1.70. The average molecular weight is 152 g/mol. The van der Waals surface area contributed by atoms with Crippen LogP contribution >= 0.6 is 0 Å². The molecule has 0 aromatic carbocycles. The van der Waals surface area contributed by atoms with Gasteiger partial charge in [-0.2, -0.15) is 0 Å². The minimum Gasteiger partial charge on any atom is -0.351 e. The SMILES string of the molecule is O=c1cc[nH][nH]1.c1c[nH]cn1. The second kappa shape index (κ2) is 4.10. The first-order valence-corrected chi connectivity index (χ1v) is 3.04. The first-order valence-electron chi connectivity index (χ1n) is 3.04. The molecule has 0 saturated carbocycles. The fourth-order valence-corrected chi connectivity index (χ4v) is 0.487. The minimum atomic E-state index is -0.0880. The number of hydrogen-bond acceptors (Lipinski definition) is 2. The van der Waals surface area contributed by atoms with Gasteiger partial charge in [-0.3, -0.25) is 9.89 Å². The molecule has 3 N–H and O–H groups in total. The van der Waals surface area contributed by atoms with Crippen molar-refractivity contribution in [1.82, 2.24) is 20.2 Å². The Kier molecular flexibility index (Phi) is 2.73. The summed E-state index contributed by atoms with van der Waals surface area (Å²) in [4.78, 5) is 16.4. The zero-order chi connectivity index (χ0) is 7.94. The molecule has 11 heavy (non-hydrogen) atoms. The molecule has 0 spiro atoms. The van der Waals surface area contributed by atoms with Crippen LogP contribution in [0.1, 0.15) is 0 Å². The van der Waals surface area contributed by atoms with E-state index in [0.717, 1.165) is 0 Å². The number of aromatic amines is 3. The molecule has 58 valence electrons. The van der Waals surface area contributed by atoms with Gasteiger partial charge in [-0.1, -0.05) is 0 Å². The van der Waals surface area contributed by atoms with Gasteiger partial charge in [0, 0.05) is 24.7 Å². The van der Waals surface area contributed by atoms with Crippen molar-refractivity contribution in [2.24, 2.45) is 0 Å². The highest BCUT2D eigenvalue weighted by atomic mass is 16.1. The highest BCUT2D eigenvalue weighted by Crippen LogP contribution is 1.62. The third-order valence-electron chi connectivity index (χ3n) is 0.919. The van der Waals surface area contributed by atoms with E-state index in [1.807, 2.05) is 0 Å². The van der Waals surface area contributed by atoms with Gasteiger partial charge in [-0.15, -0.1) is 0 Å². The largest absolute Gasteiger partial charge is 0.351 e. The van der Waals surface area contributed by atoms with Gasteiger partial charge in [0.05, 0.1) is 6.33 Å². The van der Waals surface area contributed by atoms with Crippen LogP contribution in [0.15, 0.2) is 35.8 Å². The number of nitrogens with zero attached hydrogens (tertiary/aromatic N) is 1. The number of rotatable bonds is 0. The third kappa shape index (κ3) is 3.04. The number of imidazole rings is 1. The van der Waals surface area contributed by atoms with Crippen LogP contribution in [0, 0.1) is 0 Å². The average Bonchev–Trinajstić information content (AvgIpc) is 2.57. The fourth-order valence-electron chi connectivity index (χ4n) is 0.487. The summed E-state index contributed by atoms with van der Waals surface area (Å²) >= 11 is 0. The first-order chi connectivity index (χ1) is 5.39. The molecule has 0 aliphatic heterocycles. The lowest BCUT2D eigenvalue weighted by molar-refractivity contribution is 1.06. The van der Waals surface area contributed by atoms with Crippen molar-refractivity contribution in [3.63, 3.8) is 0 Å². The predicted molar refractivity (Wildman–Crippen MR) is 40.0 cm³/mol. The zero-order valence-electron chi connectivity index (χ0n) is 5.74. The summed E-state index contributed by atoms with van der Waals surface area (Å²) < 4.78 is 0. The summed E-state index contributed by atoms with van der Waals surface area (Å²) in [6.45, 7) is 0. The second-order valence-corrected chi connectivity index (χ2v) is 1.73. The molecule has 0 saturated heterocycles. The maximum Gasteiger partial charge on any atom is 0.263 e. The van der Waals surface area contributed by atoms with Gasteiger partial charge in [0.1, 0.15) is 0 Å². The topological polar surface area (TPSA) is 77.3 Å². The van der Waals surface area contributed by atoms with Gasteiger partial charge in [0.25, 0.3) is 5.56 Å². The molecule has 2 heterocycles. The van der Waals surface area contributed by atoms with E-state index in [-0.39, 0.29) is 5.56 Å². The van der Waals surface area contributed by atoms with Gasteiger partial charge in [-0.05, 0) is 0 Å². The maximum absolute atomic E-state index is 9.98. The molecular formula is C6H8N4O. The Bertz CT molecular complexity index is 273. The van der Waals surface area contributed by atoms with Crippen molar-refractivity contribution in [2.75, 3.05) is 0 Å². The van der Waals surface area contributed by atoms with Crippen molar-refractivity contribution in [1.29, 1.82) is 0 Å². The van der Waals surface area contributed by atoms with E-state index in [1.165, 1.54) is 6.07 Å². The van der Waals surface area contributed by atoms with E-state index in [4.69, 9.17) is 0 Å². The van der Waals surface area contributed by atoms with Crippen molar-refractivity contribution in [3.8, 4) is 0 Å². The fraction of sp³-hybridized carbons (Fsp3) is 0. The molecule has 2 rings (SSSR count). The first kappa shape index (κ1) is 7.33. The summed E-state index contributed by atoms with van der Waals surface area (Å²) in [6.07, 6.45) is 6.63. The van der Waals surface area contributed by atoms with Gasteiger partial charge in [0.2, 0.25) is 0 Å². The number of aromatic nitrogens is 4. The highest BCUT2D eigenvalue weighted by molar-refractivity contribution is 4.75. The Morgan fingerprint density at radius 3 is 2.45 bits per heavy atom. The lowest BCUT2D eigenvalue weighted by Gasteiger charge is -1.55. The summed E-state index contributed by atoms with van der Waals surface area (Å²) in [7, 11) is 0. The molecule has 2 aromatic rings. The van der Waals surface area contributed by atoms with Crippen LogP contribution in [0.3, 0.4) is 0 Å². The van der Waals surface area contributed by atoms with Crippen LogP contribution in [0.2, 0.25) is 0 Å². The summed E-state index contributed by atoms with van der Waals surface area (Å²) in [5, 5.41) is 4.81. The van der Waals surface area contributed by atoms with Crippen molar-refractivity contribution >= 4 is 0 Å². The summed E-state index contributed by atoms with van der Waals surface area (Å²) in [5.74, 6) is 0. The Balaban J connectivity index is 0.000000112.